The third-order valence-electron chi connectivity index (χ3n) is 2.74. The van der Waals surface area contributed by atoms with Gasteiger partial charge in [-0.3, -0.25) is 10.4 Å². The minimum absolute atomic E-state index is 0.0248. The number of aromatic nitrogens is 1. The highest BCUT2D eigenvalue weighted by molar-refractivity contribution is 6.10. The number of nitrogens with zero attached hydrogens (tertiary/aromatic N) is 3. The van der Waals surface area contributed by atoms with Gasteiger partial charge in [-0.2, -0.15) is 10.4 Å². The molecule has 0 fully saturated rings. The van der Waals surface area contributed by atoms with E-state index in [1.54, 1.807) is 18.2 Å². The fraction of sp³-hybridized carbons (Fsp3) is 0. The van der Waals surface area contributed by atoms with E-state index in [0.29, 0.717) is 5.69 Å². The Hall–Kier alpha value is -3.73. The molecule has 1 aromatic carbocycles. The van der Waals surface area contributed by atoms with Gasteiger partial charge in [-0.1, -0.05) is 6.07 Å². The molecule has 8 heteroatoms. The van der Waals surface area contributed by atoms with Gasteiger partial charge < -0.3 is 10.2 Å². The number of pyridine rings is 1. The van der Waals surface area contributed by atoms with Crippen LogP contribution >= 0.6 is 0 Å². The van der Waals surface area contributed by atoms with Gasteiger partial charge in [0.2, 0.25) is 0 Å². The summed E-state index contributed by atoms with van der Waals surface area (Å²) in [6, 6.07) is 10.3. The fourth-order valence-electron chi connectivity index (χ4n) is 1.70. The van der Waals surface area contributed by atoms with Crippen molar-refractivity contribution >= 4 is 23.3 Å². The number of benzene rings is 1. The number of hydrogen-bond acceptors (Lipinski definition) is 6. The van der Waals surface area contributed by atoms with Crippen molar-refractivity contribution < 1.29 is 19.8 Å². The Bertz CT molecular complexity index is 793. The van der Waals surface area contributed by atoms with Crippen LogP contribution in [0.25, 0.3) is 0 Å². The van der Waals surface area contributed by atoms with Crippen molar-refractivity contribution in [2.45, 2.75) is 0 Å². The number of aromatic carboxylic acids is 2. The van der Waals surface area contributed by atoms with E-state index < -0.39 is 11.9 Å². The molecular weight excluding hydrogens is 300 g/mol. The molecule has 114 valence electrons. The van der Waals surface area contributed by atoms with Crippen LogP contribution in [0.3, 0.4) is 0 Å². The number of nitrogens with one attached hydrogen (secondary N) is 1. The number of hydrogen-bond donors (Lipinski definition) is 3. The Morgan fingerprint density at radius 2 is 1.78 bits per heavy atom. The van der Waals surface area contributed by atoms with E-state index in [2.05, 4.69) is 15.5 Å². The van der Waals surface area contributed by atoms with Crippen molar-refractivity contribution in [3.05, 3.63) is 59.4 Å². The highest BCUT2D eigenvalue weighted by Crippen LogP contribution is 2.16. The minimum Gasteiger partial charge on any atom is -0.478 e. The third-order valence-corrected chi connectivity index (χ3v) is 2.74. The lowest BCUT2D eigenvalue weighted by atomic mass is 10.1. The Kier molecular flexibility index (Phi) is 4.64. The number of carbonyl (C=O) groups is 2. The summed E-state index contributed by atoms with van der Waals surface area (Å²) in [5.74, 6) is -2.55. The summed E-state index contributed by atoms with van der Waals surface area (Å²) >= 11 is 0. The van der Waals surface area contributed by atoms with Crippen LogP contribution < -0.4 is 5.43 Å². The molecule has 8 nitrogen and oxygen atoms in total. The number of nitriles is 1. The van der Waals surface area contributed by atoms with Crippen LogP contribution in [0.15, 0.2) is 47.7 Å². The van der Waals surface area contributed by atoms with Gasteiger partial charge >= 0.3 is 11.9 Å². The van der Waals surface area contributed by atoms with E-state index in [1.165, 1.54) is 18.3 Å². The molecule has 0 saturated carbocycles. The molecule has 1 aromatic heterocycles. The summed E-state index contributed by atoms with van der Waals surface area (Å²) in [6.07, 6.45) is 1.50. The molecule has 0 aliphatic rings. The summed E-state index contributed by atoms with van der Waals surface area (Å²) in [4.78, 5) is 26.0. The second-order valence-electron chi connectivity index (χ2n) is 4.31. The van der Waals surface area contributed by atoms with Gasteiger partial charge in [-0.25, -0.2) is 9.59 Å². The zero-order valence-corrected chi connectivity index (χ0v) is 11.6. The van der Waals surface area contributed by atoms with E-state index in [4.69, 9.17) is 15.5 Å². The molecule has 0 saturated heterocycles. The maximum absolute atomic E-state index is 11.0. The summed E-state index contributed by atoms with van der Waals surface area (Å²) in [5, 5.41) is 30.9. The smallest absolute Gasteiger partial charge is 0.335 e. The number of carboxylic acids is 2. The molecule has 0 spiro atoms. The van der Waals surface area contributed by atoms with Gasteiger partial charge in [0.15, 0.2) is 5.71 Å². The van der Waals surface area contributed by atoms with Gasteiger partial charge in [0.05, 0.1) is 16.8 Å². The monoisotopic (exact) mass is 310 g/mol. The predicted octanol–water partition coefficient (Wildman–Crippen LogP) is 1.82. The van der Waals surface area contributed by atoms with Gasteiger partial charge in [0.25, 0.3) is 0 Å². The first-order valence-corrected chi connectivity index (χ1v) is 6.28. The zero-order chi connectivity index (χ0) is 16.8. The number of rotatable bonds is 5. The second-order valence-corrected chi connectivity index (χ2v) is 4.31. The lowest BCUT2D eigenvalue weighted by Gasteiger charge is -2.05. The predicted molar refractivity (Wildman–Crippen MR) is 80.4 cm³/mol. The zero-order valence-electron chi connectivity index (χ0n) is 11.6. The maximum atomic E-state index is 11.0. The van der Waals surface area contributed by atoms with Crippen LogP contribution in [0.2, 0.25) is 0 Å². The van der Waals surface area contributed by atoms with Crippen LogP contribution in [0.5, 0.6) is 0 Å². The quantitative estimate of drug-likeness (QED) is 0.566. The van der Waals surface area contributed by atoms with E-state index in [0.717, 1.165) is 6.07 Å². The molecule has 0 aliphatic heterocycles. The summed E-state index contributed by atoms with van der Waals surface area (Å²) in [6.45, 7) is 0. The van der Waals surface area contributed by atoms with Crippen LogP contribution in [0.1, 0.15) is 26.4 Å². The summed E-state index contributed by atoms with van der Waals surface area (Å²) < 4.78 is 0. The number of carboxylic acid groups (broad SMARTS) is 2. The number of anilines is 1. The fourth-order valence-corrected chi connectivity index (χ4v) is 1.70. The Morgan fingerprint density at radius 3 is 2.26 bits per heavy atom. The molecular formula is C15H10N4O4. The Balaban J connectivity index is 2.36. The first kappa shape index (κ1) is 15.7. The Labute approximate surface area is 130 Å². The van der Waals surface area contributed by atoms with Crippen LogP contribution in [0.4, 0.5) is 5.69 Å². The minimum atomic E-state index is -1.27. The van der Waals surface area contributed by atoms with Gasteiger partial charge in [-0.15, -0.1) is 0 Å². The van der Waals surface area contributed by atoms with Crippen LogP contribution in [0, 0.1) is 11.3 Å². The molecule has 0 atom stereocenters. The third kappa shape index (κ3) is 3.89. The standard InChI is InChI=1S/C15H10N4O4/c16-8-13(12-3-1-2-4-17-12)19-18-11-6-9(14(20)21)5-10(7-11)15(22)23/h1-7,18H,(H,20,21)(H,22,23)/b19-13+. The average molecular weight is 310 g/mol. The molecule has 23 heavy (non-hydrogen) atoms. The summed E-state index contributed by atoms with van der Waals surface area (Å²) in [5.41, 5.74) is 2.50. The van der Waals surface area contributed by atoms with E-state index in [-0.39, 0.29) is 22.5 Å². The first-order chi connectivity index (χ1) is 11.0. The van der Waals surface area contributed by atoms with Crippen molar-refractivity contribution in [3.63, 3.8) is 0 Å². The average Bonchev–Trinajstić information content (AvgIpc) is 2.56. The first-order valence-electron chi connectivity index (χ1n) is 6.28. The molecule has 0 aliphatic carbocycles. The van der Waals surface area contributed by atoms with E-state index in [9.17, 15) is 9.59 Å². The van der Waals surface area contributed by atoms with Crippen molar-refractivity contribution in [3.8, 4) is 6.07 Å². The van der Waals surface area contributed by atoms with Gasteiger partial charge in [0, 0.05) is 6.20 Å². The lowest BCUT2D eigenvalue weighted by Crippen LogP contribution is -2.06. The molecule has 0 radical (unpaired) electrons. The van der Waals surface area contributed by atoms with Crippen LogP contribution in [-0.4, -0.2) is 32.8 Å². The number of hydrazone groups is 1. The molecule has 1 heterocycles. The molecule has 2 aromatic rings. The topological polar surface area (TPSA) is 136 Å². The Morgan fingerprint density at radius 1 is 1.13 bits per heavy atom. The summed E-state index contributed by atoms with van der Waals surface area (Å²) in [7, 11) is 0. The molecule has 0 unspecified atom stereocenters. The van der Waals surface area contributed by atoms with Crippen LogP contribution in [-0.2, 0) is 0 Å². The second kappa shape index (κ2) is 6.82. The van der Waals surface area contributed by atoms with Crippen molar-refractivity contribution in [2.75, 3.05) is 5.43 Å². The molecule has 0 amide bonds. The van der Waals surface area contributed by atoms with Gasteiger partial charge in [0.1, 0.15) is 11.8 Å². The highest BCUT2D eigenvalue weighted by atomic mass is 16.4. The maximum Gasteiger partial charge on any atom is 0.335 e. The largest absolute Gasteiger partial charge is 0.478 e. The van der Waals surface area contributed by atoms with Crippen molar-refractivity contribution in [2.24, 2.45) is 5.10 Å². The lowest BCUT2D eigenvalue weighted by molar-refractivity contribution is 0.0696. The van der Waals surface area contributed by atoms with Gasteiger partial charge in [-0.05, 0) is 30.3 Å². The normalized spacial score (nSPS) is 10.7. The molecule has 3 N–H and O–H groups in total. The van der Waals surface area contributed by atoms with Crippen molar-refractivity contribution in [1.29, 1.82) is 5.26 Å². The highest BCUT2D eigenvalue weighted by Gasteiger charge is 2.11. The molecule has 0 bridgehead atoms. The molecule has 2 rings (SSSR count). The van der Waals surface area contributed by atoms with E-state index >= 15 is 0 Å². The SMILES string of the molecule is N#C/C(=N\Nc1cc(C(=O)O)cc(C(=O)O)c1)c1ccccn1. The van der Waals surface area contributed by atoms with E-state index in [1.807, 2.05) is 6.07 Å². The van der Waals surface area contributed by atoms with Crippen molar-refractivity contribution in [1.82, 2.24) is 4.98 Å².